The van der Waals surface area contributed by atoms with Crippen molar-refractivity contribution in [1.82, 2.24) is 10.2 Å². The zero-order valence-electron chi connectivity index (χ0n) is 10.9. The summed E-state index contributed by atoms with van der Waals surface area (Å²) in [6.07, 6.45) is 3.75. The van der Waals surface area contributed by atoms with Crippen LogP contribution in [0, 0.1) is 0 Å². The molecule has 0 aromatic heterocycles. The van der Waals surface area contributed by atoms with Crippen LogP contribution in [-0.2, 0) is 6.42 Å². The number of nitrogens with zero attached hydrogens (tertiary/aromatic N) is 1. The largest absolute Gasteiger partial charge is 0.314 e. The van der Waals surface area contributed by atoms with Crippen LogP contribution in [0.4, 0.5) is 0 Å². The molecule has 2 nitrogen and oxygen atoms in total. The van der Waals surface area contributed by atoms with E-state index in [2.05, 4.69) is 47.5 Å². The highest BCUT2D eigenvalue weighted by molar-refractivity contribution is 5.14. The molecular weight excluding hydrogens is 208 g/mol. The highest BCUT2D eigenvalue weighted by atomic mass is 15.2. The summed E-state index contributed by atoms with van der Waals surface area (Å²) in [6, 6.07) is 11.6. The summed E-state index contributed by atoms with van der Waals surface area (Å²) in [5.41, 5.74) is 1.47. The lowest BCUT2D eigenvalue weighted by Gasteiger charge is -2.38. The molecule has 0 unspecified atom stereocenters. The van der Waals surface area contributed by atoms with Crippen LogP contribution in [0.15, 0.2) is 30.3 Å². The predicted molar refractivity (Wildman–Crippen MR) is 73.3 cm³/mol. The van der Waals surface area contributed by atoms with Crippen LogP contribution >= 0.6 is 0 Å². The van der Waals surface area contributed by atoms with Crippen LogP contribution in [-0.4, -0.2) is 37.1 Å². The Morgan fingerprint density at radius 1 is 1.18 bits per heavy atom. The molecule has 0 saturated carbocycles. The fraction of sp³-hybridized carbons (Fsp3) is 0.600. The second kappa shape index (κ2) is 6.77. The minimum Gasteiger partial charge on any atom is -0.314 e. The number of hydrogen-bond acceptors (Lipinski definition) is 2. The Hall–Kier alpha value is -0.860. The summed E-state index contributed by atoms with van der Waals surface area (Å²) < 4.78 is 0. The molecule has 94 valence electrons. The van der Waals surface area contributed by atoms with Gasteiger partial charge in [-0.1, -0.05) is 37.3 Å². The molecule has 0 bridgehead atoms. The number of nitrogens with one attached hydrogen (secondary N) is 1. The molecule has 0 atom stereocenters. The molecule has 2 rings (SSSR count). The van der Waals surface area contributed by atoms with Gasteiger partial charge in [-0.3, -0.25) is 4.90 Å². The van der Waals surface area contributed by atoms with E-state index in [-0.39, 0.29) is 0 Å². The normalized spacial score (nSPS) is 16.1. The number of hydrogen-bond donors (Lipinski definition) is 1. The van der Waals surface area contributed by atoms with Gasteiger partial charge >= 0.3 is 0 Å². The molecule has 0 spiro atoms. The molecule has 1 aromatic carbocycles. The second-order valence-corrected chi connectivity index (χ2v) is 4.94. The SMILES string of the molecule is CCCN(CCCc1ccccc1)C1CNC1. The molecule has 1 fully saturated rings. The summed E-state index contributed by atoms with van der Waals surface area (Å²) in [6.45, 7) is 7.14. The third kappa shape index (κ3) is 3.83. The van der Waals surface area contributed by atoms with Crippen molar-refractivity contribution < 1.29 is 0 Å². The molecule has 0 radical (unpaired) electrons. The van der Waals surface area contributed by atoms with Gasteiger partial charge in [-0.05, 0) is 37.9 Å². The zero-order chi connectivity index (χ0) is 11.9. The van der Waals surface area contributed by atoms with Crippen molar-refractivity contribution in [2.75, 3.05) is 26.2 Å². The van der Waals surface area contributed by atoms with Crippen LogP contribution in [0.3, 0.4) is 0 Å². The molecule has 17 heavy (non-hydrogen) atoms. The monoisotopic (exact) mass is 232 g/mol. The first-order valence-electron chi connectivity index (χ1n) is 6.89. The van der Waals surface area contributed by atoms with Gasteiger partial charge in [0.25, 0.3) is 0 Å². The highest BCUT2D eigenvalue weighted by Crippen LogP contribution is 2.09. The average Bonchev–Trinajstić information content (AvgIpc) is 2.28. The summed E-state index contributed by atoms with van der Waals surface area (Å²) >= 11 is 0. The molecule has 1 aromatic rings. The number of rotatable bonds is 7. The smallest absolute Gasteiger partial charge is 0.0345 e. The van der Waals surface area contributed by atoms with Crippen molar-refractivity contribution in [1.29, 1.82) is 0 Å². The number of benzene rings is 1. The van der Waals surface area contributed by atoms with Gasteiger partial charge in [0.15, 0.2) is 0 Å². The molecular formula is C15H24N2. The van der Waals surface area contributed by atoms with E-state index in [0.717, 1.165) is 6.04 Å². The van der Waals surface area contributed by atoms with Crippen molar-refractivity contribution in [2.45, 2.75) is 32.2 Å². The molecule has 1 aliphatic rings. The molecule has 2 heteroatoms. The maximum absolute atomic E-state index is 3.37. The standard InChI is InChI=1S/C15H24N2/c1-2-10-17(15-12-16-13-15)11-6-9-14-7-4-3-5-8-14/h3-5,7-8,15-16H,2,6,9-13H2,1H3. The summed E-state index contributed by atoms with van der Waals surface area (Å²) in [5, 5.41) is 3.37. The van der Waals surface area contributed by atoms with Crippen LogP contribution in [0.25, 0.3) is 0 Å². The maximum atomic E-state index is 3.37. The Labute approximate surface area is 105 Å². The third-order valence-electron chi connectivity index (χ3n) is 3.54. The van der Waals surface area contributed by atoms with Crippen LogP contribution in [0.1, 0.15) is 25.3 Å². The topological polar surface area (TPSA) is 15.3 Å². The Morgan fingerprint density at radius 3 is 2.53 bits per heavy atom. The highest BCUT2D eigenvalue weighted by Gasteiger charge is 2.22. The van der Waals surface area contributed by atoms with E-state index >= 15 is 0 Å². The maximum Gasteiger partial charge on any atom is 0.0345 e. The van der Waals surface area contributed by atoms with Gasteiger partial charge in [0, 0.05) is 19.1 Å². The third-order valence-corrected chi connectivity index (χ3v) is 3.54. The molecule has 1 aliphatic heterocycles. The van der Waals surface area contributed by atoms with Crippen LogP contribution < -0.4 is 5.32 Å². The summed E-state index contributed by atoms with van der Waals surface area (Å²) in [5.74, 6) is 0. The first kappa shape index (κ1) is 12.6. The lowest BCUT2D eigenvalue weighted by Crippen LogP contribution is -2.57. The molecule has 1 N–H and O–H groups in total. The predicted octanol–water partition coefficient (Wildman–Crippen LogP) is 2.30. The van der Waals surface area contributed by atoms with E-state index in [4.69, 9.17) is 0 Å². The van der Waals surface area contributed by atoms with E-state index < -0.39 is 0 Å². The van der Waals surface area contributed by atoms with Gasteiger partial charge in [0.05, 0.1) is 0 Å². The average molecular weight is 232 g/mol. The van der Waals surface area contributed by atoms with Crippen molar-refractivity contribution in [2.24, 2.45) is 0 Å². The second-order valence-electron chi connectivity index (χ2n) is 4.94. The Bertz CT molecular complexity index is 306. The molecule has 1 saturated heterocycles. The summed E-state index contributed by atoms with van der Waals surface area (Å²) in [7, 11) is 0. The van der Waals surface area contributed by atoms with Gasteiger partial charge in [-0.15, -0.1) is 0 Å². The van der Waals surface area contributed by atoms with Crippen molar-refractivity contribution in [3.8, 4) is 0 Å². The van der Waals surface area contributed by atoms with Crippen molar-refractivity contribution in [3.05, 3.63) is 35.9 Å². The Morgan fingerprint density at radius 2 is 1.94 bits per heavy atom. The number of aryl methyl sites for hydroxylation is 1. The van der Waals surface area contributed by atoms with E-state index in [1.807, 2.05) is 0 Å². The lowest BCUT2D eigenvalue weighted by molar-refractivity contribution is 0.144. The van der Waals surface area contributed by atoms with Gasteiger partial charge in [-0.2, -0.15) is 0 Å². The van der Waals surface area contributed by atoms with Gasteiger partial charge in [-0.25, -0.2) is 0 Å². The van der Waals surface area contributed by atoms with Crippen molar-refractivity contribution >= 4 is 0 Å². The van der Waals surface area contributed by atoms with E-state index in [1.54, 1.807) is 0 Å². The fourth-order valence-corrected chi connectivity index (χ4v) is 2.43. The van der Waals surface area contributed by atoms with E-state index in [1.165, 1.54) is 51.0 Å². The van der Waals surface area contributed by atoms with Gasteiger partial charge in [0.1, 0.15) is 0 Å². The van der Waals surface area contributed by atoms with Gasteiger partial charge in [0.2, 0.25) is 0 Å². The Balaban J connectivity index is 1.71. The van der Waals surface area contributed by atoms with E-state index in [0.29, 0.717) is 0 Å². The summed E-state index contributed by atoms with van der Waals surface area (Å²) in [4.78, 5) is 2.65. The zero-order valence-corrected chi connectivity index (χ0v) is 10.9. The lowest BCUT2D eigenvalue weighted by atomic mass is 10.1. The minimum atomic E-state index is 0.797. The Kier molecular flexibility index (Phi) is 5.02. The minimum absolute atomic E-state index is 0.797. The quantitative estimate of drug-likeness (QED) is 0.776. The van der Waals surface area contributed by atoms with Crippen LogP contribution in [0.5, 0.6) is 0 Å². The molecule has 0 amide bonds. The molecule has 1 heterocycles. The fourth-order valence-electron chi connectivity index (χ4n) is 2.43. The molecule has 0 aliphatic carbocycles. The van der Waals surface area contributed by atoms with E-state index in [9.17, 15) is 0 Å². The first-order valence-corrected chi connectivity index (χ1v) is 6.89. The van der Waals surface area contributed by atoms with Crippen molar-refractivity contribution in [3.63, 3.8) is 0 Å². The first-order chi connectivity index (χ1) is 8.40. The van der Waals surface area contributed by atoms with Crippen LogP contribution in [0.2, 0.25) is 0 Å². The van der Waals surface area contributed by atoms with Gasteiger partial charge < -0.3 is 5.32 Å².